The fraction of sp³-hybridized carbons (Fsp3) is 0.182. The molecule has 0 spiro atoms. The highest BCUT2D eigenvalue weighted by molar-refractivity contribution is 9.10. The topological polar surface area (TPSA) is 45.1 Å². The molecule has 1 unspecified atom stereocenters. The molecule has 16 heavy (non-hydrogen) atoms. The fourth-order valence-electron chi connectivity index (χ4n) is 1.34. The van der Waals surface area contributed by atoms with Gasteiger partial charge in [-0.15, -0.1) is 11.3 Å². The summed E-state index contributed by atoms with van der Waals surface area (Å²) in [6.07, 6.45) is 1.74. The van der Waals surface area contributed by atoms with Crippen LogP contribution in [0.3, 0.4) is 0 Å². The van der Waals surface area contributed by atoms with Crippen LogP contribution in [0.1, 0.15) is 11.0 Å². The van der Waals surface area contributed by atoms with Crippen LogP contribution in [0, 0.1) is 0 Å². The number of rotatable bonds is 4. The maximum absolute atomic E-state index is 9.31. The largest absolute Gasteiger partial charge is 0.394 e. The van der Waals surface area contributed by atoms with E-state index < -0.39 is 0 Å². The van der Waals surface area contributed by atoms with Crippen LogP contribution < -0.4 is 5.32 Å². The number of thiazole rings is 1. The predicted octanol–water partition coefficient (Wildman–Crippen LogP) is 3.05. The summed E-state index contributed by atoms with van der Waals surface area (Å²) in [5.74, 6) is 0. The van der Waals surface area contributed by atoms with Crippen molar-refractivity contribution < 1.29 is 5.11 Å². The number of aromatic nitrogens is 1. The number of hydrogen-bond donors (Lipinski definition) is 2. The Morgan fingerprint density at radius 2 is 2.12 bits per heavy atom. The highest BCUT2D eigenvalue weighted by Crippen LogP contribution is 2.22. The summed E-state index contributed by atoms with van der Waals surface area (Å²) in [5, 5.41) is 15.3. The Balaban J connectivity index is 2.10. The van der Waals surface area contributed by atoms with Crippen LogP contribution >= 0.6 is 27.3 Å². The Bertz CT molecular complexity index is 430. The van der Waals surface area contributed by atoms with Gasteiger partial charge in [-0.1, -0.05) is 15.9 Å². The Kier molecular flexibility index (Phi) is 3.93. The zero-order valence-electron chi connectivity index (χ0n) is 8.43. The van der Waals surface area contributed by atoms with Crippen molar-refractivity contribution in [3.8, 4) is 0 Å². The second-order valence-corrected chi connectivity index (χ2v) is 5.10. The van der Waals surface area contributed by atoms with Crippen LogP contribution in [0.15, 0.2) is 40.3 Å². The Labute approximate surface area is 106 Å². The van der Waals surface area contributed by atoms with Crippen LogP contribution in [-0.4, -0.2) is 16.7 Å². The highest BCUT2D eigenvalue weighted by Gasteiger charge is 2.12. The summed E-state index contributed by atoms with van der Waals surface area (Å²) >= 11 is 4.92. The molecular weight excluding hydrogens is 288 g/mol. The number of halogens is 1. The fourth-order valence-corrected chi connectivity index (χ4v) is 2.28. The molecule has 0 saturated carbocycles. The van der Waals surface area contributed by atoms with Gasteiger partial charge in [0.1, 0.15) is 11.0 Å². The van der Waals surface area contributed by atoms with E-state index in [4.69, 9.17) is 0 Å². The summed E-state index contributed by atoms with van der Waals surface area (Å²) in [4.78, 5) is 4.19. The van der Waals surface area contributed by atoms with E-state index in [0.29, 0.717) is 0 Å². The van der Waals surface area contributed by atoms with E-state index in [2.05, 4.69) is 26.2 Å². The molecule has 1 aromatic carbocycles. The van der Waals surface area contributed by atoms with Crippen LogP contribution in [0.5, 0.6) is 0 Å². The minimum Gasteiger partial charge on any atom is -0.394 e. The van der Waals surface area contributed by atoms with Gasteiger partial charge in [0.25, 0.3) is 0 Å². The standard InChI is InChI=1S/C11H11BrN2OS/c12-8-1-3-9(4-2-8)14-10(7-15)11-13-5-6-16-11/h1-6,10,14-15H,7H2. The molecule has 1 aromatic heterocycles. The lowest BCUT2D eigenvalue weighted by Gasteiger charge is -2.14. The molecule has 0 aliphatic heterocycles. The molecule has 2 aromatic rings. The lowest BCUT2D eigenvalue weighted by molar-refractivity contribution is 0.276. The van der Waals surface area contributed by atoms with Crippen molar-refractivity contribution in [2.24, 2.45) is 0 Å². The van der Waals surface area contributed by atoms with Gasteiger partial charge in [0, 0.05) is 21.7 Å². The molecule has 1 heterocycles. The number of nitrogens with one attached hydrogen (secondary N) is 1. The van der Waals surface area contributed by atoms with Gasteiger partial charge in [0.15, 0.2) is 0 Å². The maximum Gasteiger partial charge on any atom is 0.117 e. The normalized spacial score (nSPS) is 12.4. The second-order valence-electron chi connectivity index (χ2n) is 3.26. The van der Waals surface area contributed by atoms with Gasteiger partial charge in [-0.2, -0.15) is 0 Å². The quantitative estimate of drug-likeness (QED) is 0.912. The van der Waals surface area contributed by atoms with Crippen molar-refractivity contribution >= 4 is 33.0 Å². The van der Waals surface area contributed by atoms with Crippen LogP contribution in [0.4, 0.5) is 5.69 Å². The number of benzene rings is 1. The molecule has 0 saturated heterocycles. The van der Waals surface area contributed by atoms with Gasteiger partial charge < -0.3 is 10.4 Å². The SMILES string of the molecule is OCC(Nc1ccc(Br)cc1)c1nccs1. The van der Waals surface area contributed by atoms with Gasteiger partial charge in [0.2, 0.25) is 0 Å². The molecule has 0 aliphatic carbocycles. The zero-order valence-corrected chi connectivity index (χ0v) is 10.8. The average Bonchev–Trinajstić information content (AvgIpc) is 2.82. The monoisotopic (exact) mass is 298 g/mol. The second kappa shape index (κ2) is 5.43. The number of nitrogens with zero attached hydrogens (tertiary/aromatic N) is 1. The lowest BCUT2D eigenvalue weighted by Crippen LogP contribution is -2.14. The van der Waals surface area contributed by atoms with Crippen LogP contribution in [0.2, 0.25) is 0 Å². The minimum absolute atomic E-state index is 0.0313. The van der Waals surface area contributed by atoms with Gasteiger partial charge in [-0.3, -0.25) is 0 Å². The van der Waals surface area contributed by atoms with Crippen LogP contribution in [0.25, 0.3) is 0 Å². The first-order valence-electron chi connectivity index (χ1n) is 4.82. The first kappa shape index (κ1) is 11.6. The van der Waals surface area contributed by atoms with E-state index in [-0.39, 0.29) is 12.6 Å². The molecule has 0 bridgehead atoms. The van der Waals surface area contributed by atoms with Crippen molar-refractivity contribution in [1.82, 2.24) is 4.98 Å². The zero-order chi connectivity index (χ0) is 11.4. The van der Waals surface area contributed by atoms with E-state index in [9.17, 15) is 5.11 Å². The third-order valence-corrected chi connectivity index (χ3v) is 3.54. The maximum atomic E-state index is 9.31. The molecule has 0 amide bonds. The minimum atomic E-state index is -0.138. The molecule has 0 radical (unpaired) electrons. The number of aliphatic hydroxyl groups is 1. The molecule has 84 valence electrons. The Morgan fingerprint density at radius 3 is 2.69 bits per heavy atom. The van der Waals surface area contributed by atoms with E-state index in [1.165, 1.54) is 11.3 Å². The average molecular weight is 299 g/mol. The van der Waals surface area contributed by atoms with Gasteiger partial charge in [0.05, 0.1) is 6.61 Å². The van der Waals surface area contributed by atoms with Crippen LogP contribution in [-0.2, 0) is 0 Å². The van der Waals surface area contributed by atoms with E-state index in [1.807, 2.05) is 29.6 Å². The molecule has 2 N–H and O–H groups in total. The summed E-state index contributed by atoms with van der Waals surface area (Å²) < 4.78 is 1.04. The molecule has 5 heteroatoms. The molecular formula is C11H11BrN2OS. The molecule has 0 fully saturated rings. The van der Waals surface area contributed by atoms with Gasteiger partial charge >= 0.3 is 0 Å². The van der Waals surface area contributed by atoms with E-state index in [1.54, 1.807) is 6.20 Å². The van der Waals surface area contributed by atoms with Gasteiger partial charge in [-0.25, -0.2) is 4.98 Å². The number of hydrogen-bond acceptors (Lipinski definition) is 4. The third-order valence-electron chi connectivity index (χ3n) is 2.12. The van der Waals surface area contributed by atoms with E-state index in [0.717, 1.165) is 15.2 Å². The first-order valence-corrected chi connectivity index (χ1v) is 6.49. The molecule has 3 nitrogen and oxygen atoms in total. The predicted molar refractivity (Wildman–Crippen MR) is 69.7 cm³/mol. The Hall–Kier alpha value is -0.910. The van der Waals surface area contributed by atoms with Gasteiger partial charge in [-0.05, 0) is 24.3 Å². The summed E-state index contributed by atoms with van der Waals surface area (Å²) in [6, 6.07) is 7.69. The van der Waals surface area contributed by atoms with Crippen molar-refractivity contribution in [3.63, 3.8) is 0 Å². The summed E-state index contributed by atoms with van der Waals surface area (Å²) in [6.45, 7) is 0.0313. The smallest absolute Gasteiger partial charge is 0.117 e. The Morgan fingerprint density at radius 1 is 1.38 bits per heavy atom. The van der Waals surface area contributed by atoms with Crippen molar-refractivity contribution in [1.29, 1.82) is 0 Å². The highest BCUT2D eigenvalue weighted by atomic mass is 79.9. The number of anilines is 1. The summed E-state index contributed by atoms with van der Waals surface area (Å²) in [7, 11) is 0. The van der Waals surface area contributed by atoms with Crippen molar-refractivity contribution in [2.45, 2.75) is 6.04 Å². The van der Waals surface area contributed by atoms with Crippen molar-refractivity contribution in [3.05, 3.63) is 45.3 Å². The molecule has 2 rings (SSSR count). The molecule has 1 atom stereocenters. The molecule has 0 aliphatic rings. The number of aliphatic hydroxyl groups excluding tert-OH is 1. The van der Waals surface area contributed by atoms with E-state index >= 15 is 0 Å². The van der Waals surface area contributed by atoms with Crippen molar-refractivity contribution in [2.75, 3.05) is 11.9 Å². The summed E-state index contributed by atoms with van der Waals surface area (Å²) in [5.41, 5.74) is 0.970. The third kappa shape index (κ3) is 2.81. The lowest BCUT2D eigenvalue weighted by atomic mass is 10.2. The first-order chi connectivity index (χ1) is 7.79.